The van der Waals surface area contributed by atoms with E-state index in [1.807, 2.05) is 54.8 Å². The molecule has 0 aliphatic rings. The zero-order chi connectivity index (χ0) is 17.2. The lowest BCUT2D eigenvalue weighted by molar-refractivity contribution is 0.0734. The second-order valence-electron chi connectivity index (χ2n) is 5.93. The third kappa shape index (κ3) is 6.04. The van der Waals surface area contributed by atoms with Crippen LogP contribution in [0.25, 0.3) is 0 Å². The molecule has 0 spiro atoms. The Morgan fingerprint density at radius 3 is 2.21 bits per heavy atom. The number of benzene rings is 2. The molecule has 0 aliphatic heterocycles. The van der Waals surface area contributed by atoms with Crippen LogP contribution in [0.1, 0.15) is 54.9 Å². The number of unbranched alkanes of at least 4 members (excludes halogenated alkanes) is 4. The highest BCUT2D eigenvalue weighted by molar-refractivity contribution is 7.98. The number of carbonyl (C=O) groups excluding carboxylic acids is 1. The van der Waals surface area contributed by atoms with Gasteiger partial charge in [-0.15, -0.1) is 11.8 Å². The molecule has 0 saturated heterocycles. The minimum Gasteiger partial charge on any atom is -0.423 e. The van der Waals surface area contributed by atoms with E-state index in [1.165, 1.54) is 37.7 Å². The standard InChI is InChI=1S/C21H26O2S/c1-3-4-5-6-7-8-17-9-11-18(12-10-17)21(22)23-19-13-15-20(24-2)16-14-19/h9-16H,3-8H2,1-2H3. The zero-order valence-electron chi connectivity index (χ0n) is 14.6. The monoisotopic (exact) mass is 342 g/mol. The Bertz CT molecular complexity index is 617. The molecule has 0 N–H and O–H groups in total. The third-order valence-electron chi connectivity index (χ3n) is 4.03. The molecule has 0 aromatic heterocycles. The normalized spacial score (nSPS) is 10.6. The van der Waals surface area contributed by atoms with Crippen molar-refractivity contribution < 1.29 is 9.53 Å². The summed E-state index contributed by atoms with van der Waals surface area (Å²) in [6, 6.07) is 15.4. The van der Waals surface area contributed by atoms with Gasteiger partial charge in [-0.3, -0.25) is 0 Å². The van der Waals surface area contributed by atoms with Gasteiger partial charge in [0.15, 0.2) is 0 Å². The molecular formula is C21H26O2S. The topological polar surface area (TPSA) is 26.3 Å². The van der Waals surface area contributed by atoms with E-state index >= 15 is 0 Å². The molecule has 24 heavy (non-hydrogen) atoms. The van der Waals surface area contributed by atoms with Crippen LogP contribution in [0.2, 0.25) is 0 Å². The van der Waals surface area contributed by atoms with Crippen LogP contribution < -0.4 is 4.74 Å². The molecule has 0 saturated carbocycles. The van der Waals surface area contributed by atoms with E-state index < -0.39 is 0 Å². The van der Waals surface area contributed by atoms with Gasteiger partial charge in [0, 0.05) is 4.90 Å². The van der Waals surface area contributed by atoms with Gasteiger partial charge >= 0.3 is 5.97 Å². The van der Waals surface area contributed by atoms with Crippen LogP contribution in [0.5, 0.6) is 5.75 Å². The number of rotatable bonds is 9. The Morgan fingerprint density at radius 1 is 0.917 bits per heavy atom. The minimum absolute atomic E-state index is 0.304. The van der Waals surface area contributed by atoms with E-state index in [9.17, 15) is 4.79 Å². The van der Waals surface area contributed by atoms with E-state index in [0.717, 1.165) is 11.3 Å². The molecule has 0 unspecified atom stereocenters. The van der Waals surface area contributed by atoms with E-state index in [2.05, 4.69) is 6.92 Å². The summed E-state index contributed by atoms with van der Waals surface area (Å²) >= 11 is 1.66. The molecule has 0 heterocycles. The second kappa shape index (κ2) is 10.2. The molecule has 0 atom stereocenters. The molecular weight excluding hydrogens is 316 g/mol. The molecule has 0 radical (unpaired) electrons. The second-order valence-corrected chi connectivity index (χ2v) is 6.81. The number of thioether (sulfide) groups is 1. The Hall–Kier alpha value is -1.74. The van der Waals surface area contributed by atoms with E-state index in [-0.39, 0.29) is 5.97 Å². The highest BCUT2D eigenvalue weighted by Crippen LogP contribution is 2.20. The van der Waals surface area contributed by atoms with Crippen molar-refractivity contribution in [2.75, 3.05) is 6.26 Å². The number of ether oxygens (including phenoxy) is 1. The highest BCUT2D eigenvalue weighted by Gasteiger charge is 2.08. The van der Waals surface area contributed by atoms with E-state index in [4.69, 9.17) is 4.74 Å². The van der Waals surface area contributed by atoms with Crippen molar-refractivity contribution in [1.29, 1.82) is 0 Å². The number of esters is 1. The van der Waals surface area contributed by atoms with Crippen LogP contribution >= 0.6 is 11.8 Å². The van der Waals surface area contributed by atoms with Crippen LogP contribution in [-0.2, 0) is 6.42 Å². The predicted molar refractivity (Wildman–Crippen MR) is 102 cm³/mol. The molecule has 2 aromatic rings. The summed E-state index contributed by atoms with van der Waals surface area (Å²) in [7, 11) is 0. The first-order valence-electron chi connectivity index (χ1n) is 8.68. The summed E-state index contributed by atoms with van der Waals surface area (Å²) in [5.74, 6) is 0.277. The van der Waals surface area contributed by atoms with Crippen molar-refractivity contribution in [1.82, 2.24) is 0 Å². The molecule has 0 fully saturated rings. The van der Waals surface area contributed by atoms with Gasteiger partial charge < -0.3 is 4.74 Å². The lowest BCUT2D eigenvalue weighted by Gasteiger charge is -2.06. The SMILES string of the molecule is CCCCCCCc1ccc(C(=O)Oc2ccc(SC)cc2)cc1. The average Bonchev–Trinajstić information content (AvgIpc) is 2.62. The van der Waals surface area contributed by atoms with Gasteiger partial charge in [-0.1, -0.05) is 44.7 Å². The van der Waals surface area contributed by atoms with Crippen molar-refractivity contribution >= 4 is 17.7 Å². The van der Waals surface area contributed by atoms with Crippen molar-refractivity contribution in [3.8, 4) is 5.75 Å². The summed E-state index contributed by atoms with van der Waals surface area (Å²) in [6.45, 7) is 2.23. The summed E-state index contributed by atoms with van der Waals surface area (Å²) in [5.41, 5.74) is 1.88. The van der Waals surface area contributed by atoms with Crippen LogP contribution in [0.4, 0.5) is 0 Å². The Kier molecular flexibility index (Phi) is 7.90. The summed E-state index contributed by atoms with van der Waals surface area (Å²) < 4.78 is 5.42. The van der Waals surface area contributed by atoms with Crippen molar-refractivity contribution in [2.45, 2.75) is 50.3 Å². The molecule has 2 rings (SSSR count). The number of carbonyl (C=O) groups is 1. The molecule has 2 aromatic carbocycles. The van der Waals surface area contributed by atoms with E-state index in [0.29, 0.717) is 11.3 Å². The first-order chi connectivity index (χ1) is 11.7. The first kappa shape index (κ1) is 18.6. The molecule has 0 aliphatic carbocycles. The van der Waals surface area contributed by atoms with Gasteiger partial charge in [0.1, 0.15) is 5.75 Å². The fourth-order valence-corrected chi connectivity index (χ4v) is 2.96. The average molecular weight is 343 g/mol. The van der Waals surface area contributed by atoms with E-state index in [1.54, 1.807) is 11.8 Å². The fourth-order valence-electron chi connectivity index (χ4n) is 2.55. The number of aryl methyl sites for hydroxylation is 1. The Balaban J connectivity index is 1.83. The van der Waals surface area contributed by atoms with Crippen molar-refractivity contribution in [2.24, 2.45) is 0 Å². The zero-order valence-corrected chi connectivity index (χ0v) is 15.4. The van der Waals surface area contributed by atoms with Crippen LogP contribution in [0.15, 0.2) is 53.4 Å². The number of hydrogen-bond acceptors (Lipinski definition) is 3. The smallest absolute Gasteiger partial charge is 0.343 e. The minimum atomic E-state index is -0.304. The summed E-state index contributed by atoms with van der Waals surface area (Å²) in [6.07, 6.45) is 9.51. The molecule has 2 nitrogen and oxygen atoms in total. The predicted octanol–water partition coefficient (Wildman–Crippen LogP) is 6.14. The lowest BCUT2D eigenvalue weighted by atomic mass is 10.0. The summed E-state index contributed by atoms with van der Waals surface area (Å²) in [4.78, 5) is 13.3. The largest absolute Gasteiger partial charge is 0.423 e. The Labute approximate surface area is 149 Å². The summed E-state index contributed by atoms with van der Waals surface area (Å²) in [5, 5.41) is 0. The van der Waals surface area contributed by atoms with Crippen LogP contribution in [0.3, 0.4) is 0 Å². The molecule has 0 amide bonds. The van der Waals surface area contributed by atoms with Gasteiger partial charge in [0.05, 0.1) is 5.56 Å². The van der Waals surface area contributed by atoms with Gasteiger partial charge in [0.25, 0.3) is 0 Å². The van der Waals surface area contributed by atoms with Crippen LogP contribution in [-0.4, -0.2) is 12.2 Å². The maximum absolute atomic E-state index is 12.2. The lowest BCUT2D eigenvalue weighted by Crippen LogP contribution is -2.08. The number of hydrogen-bond donors (Lipinski definition) is 0. The van der Waals surface area contributed by atoms with Crippen molar-refractivity contribution in [3.63, 3.8) is 0 Å². The van der Waals surface area contributed by atoms with Gasteiger partial charge in [-0.25, -0.2) is 4.79 Å². The molecule has 128 valence electrons. The quantitative estimate of drug-likeness (QED) is 0.237. The fraction of sp³-hybridized carbons (Fsp3) is 0.381. The van der Waals surface area contributed by atoms with Gasteiger partial charge in [-0.05, 0) is 61.1 Å². The maximum Gasteiger partial charge on any atom is 0.343 e. The van der Waals surface area contributed by atoms with Crippen LogP contribution in [0, 0.1) is 0 Å². The van der Waals surface area contributed by atoms with Crippen molar-refractivity contribution in [3.05, 3.63) is 59.7 Å². The first-order valence-corrected chi connectivity index (χ1v) is 9.90. The molecule has 3 heteroatoms. The van der Waals surface area contributed by atoms with Gasteiger partial charge in [0.2, 0.25) is 0 Å². The maximum atomic E-state index is 12.2. The highest BCUT2D eigenvalue weighted by atomic mass is 32.2. The molecule has 0 bridgehead atoms. The van der Waals surface area contributed by atoms with Gasteiger partial charge in [-0.2, -0.15) is 0 Å². The third-order valence-corrected chi connectivity index (χ3v) is 4.77. The Morgan fingerprint density at radius 2 is 1.58 bits per heavy atom.